The molecule has 1 atom stereocenters. The van der Waals surface area contributed by atoms with E-state index in [0.29, 0.717) is 25.7 Å². The highest BCUT2D eigenvalue weighted by atomic mass is 32.2. The van der Waals surface area contributed by atoms with Gasteiger partial charge in [0, 0.05) is 6.42 Å². The van der Waals surface area contributed by atoms with Gasteiger partial charge in [-0.1, -0.05) is 6.92 Å². The molecule has 0 aliphatic carbocycles. The van der Waals surface area contributed by atoms with Crippen molar-refractivity contribution in [2.45, 2.75) is 31.4 Å². The summed E-state index contributed by atoms with van der Waals surface area (Å²) in [5.41, 5.74) is 5.19. The maximum absolute atomic E-state index is 11.4. The van der Waals surface area contributed by atoms with Crippen LogP contribution in [0.1, 0.15) is 26.2 Å². The summed E-state index contributed by atoms with van der Waals surface area (Å²) >= 11 is 0. The van der Waals surface area contributed by atoms with Crippen molar-refractivity contribution < 1.29 is 17.4 Å². The lowest BCUT2D eigenvalue weighted by Crippen LogP contribution is -2.24. The summed E-state index contributed by atoms with van der Waals surface area (Å²) in [6.07, 6.45) is 1.46. The van der Waals surface area contributed by atoms with Gasteiger partial charge in [-0.25, -0.2) is 0 Å². The Balaban J connectivity index is 4.19. The molecule has 0 aromatic carbocycles. The molecule has 0 aliphatic heterocycles. The van der Waals surface area contributed by atoms with Crippen molar-refractivity contribution in [3.05, 3.63) is 0 Å². The van der Waals surface area contributed by atoms with E-state index in [1.54, 1.807) is 6.92 Å². The molecule has 0 spiro atoms. The number of hydrogen-bond donors (Lipinski definition) is 1. The van der Waals surface area contributed by atoms with Crippen LogP contribution < -0.4 is 5.73 Å². The molecule has 0 aliphatic rings. The number of carbonyl (C=O) groups is 1. The van der Waals surface area contributed by atoms with E-state index in [-0.39, 0.29) is 13.0 Å². The molecular formula is C8H17NO4S. The summed E-state index contributed by atoms with van der Waals surface area (Å²) in [7, 11) is -3.59. The highest BCUT2D eigenvalue weighted by molar-refractivity contribution is 7.87. The zero-order valence-corrected chi connectivity index (χ0v) is 9.13. The van der Waals surface area contributed by atoms with Crippen LogP contribution in [0, 0.1) is 0 Å². The van der Waals surface area contributed by atoms with Gasteiger partial charge in [0.05, 0.1) is 11.9 Å². The Kier molecular flexibility index (Phi) is 6.69. The molecule has 6 heteroatoms. The quantitative estimate of drug-likeness (QED) is 0.357. The summed E-state index contributed by atoms with van der Waals surface area (Å²) in [6, 6.07) is 0. The van der Waals surface area contributed by atoms with Gasteiger partial charge >= 0.3 is 0 Å². The predicted molar refractivity (Wildman–Crippen MR) is 53.3 cm³/mol. The van der Waals surface area contributed by atoms with Gasteiger partial charge in [-0.05, 0) is 19.4 Å². The molecule has 0 aromatic heterocycles. The molecule has 0 saturated carbocycles. The number of rotatable bonds is 8. The Morgan fingerprint density at radius 2 is 2.14 bits per heavy atom. The first kappa shape index (κ1) is 13.5. The lowest BCUT2D eigenvalue weighted by atomic mass is 10.3. The zero-order valence-electron chi connectivity index (χ0n) is 8.31. The van der Waals surface area contributed by atoms with Crippen LogP contribution in [0.3, 0.4) is 0 Å². The van der Waals surface area contributed by atoms with Gasteiger partial charge in [0.25, 0.3) is 10.1 Å². The smallest absolute Gasteiger partial charge is 0.270 e. The van der Waals surface area contributed by atoms with E-state index in [1.165, 1.54) is 0 Å². The minimum absolute atomic E-state index is 0.0124. The Hall–Kier alpha value is -0.460. The fourth-order valence-electron chi connectivity index (χ4n) is 0.951. The fraction of sp³-hybridized carbons (Fsp3) is 0.875. The van der Waals surface area contributed by atoms with Gasteiger partial charge < -0.3 is 10.5 Å². The highest BCUT2D eigenvalue weighted by Crippen LogP contribution is 2.11. The van der Waals surface area contributed by atoms with Crippen LogP contribution in [-0.2, 0) is 19.1 Å². The van der Waals surface area contributed by atoms with Crippen molar-refractivity contribution in [2.75, 3.05) is 13.2 Å². The largest absolute Gasteiger partial charge is 0.330 e. The average molecular weight is 223 g/mol. The van der Waals surface area contributed by atoms with E-state index in [4.69, 9.17) is 9.92 Å². The first-order valence-corrected chi connectivity index (χ1v) is 6.07. The Bertz CT molecular complexity index is 250. The van der Waals surface area contributed by atoms with Crippen molar-refractivity contribution in [3.8, 4) is 0 Å². The molecule has 0 fully saturated rings. The zero-order chi connectivity index (χ0) is 11.0. The van der Waals surface area contributed by atoms with Gasteiger partial charge in [-0.2, -0.15) is 8.42 Å². The minimum atomic E-state index is -3.59. The van der Waals surface area contributed by atoms with Crippen LogP contribution in [0.2, 0.25) is 0 Å². The Morgan fingerprint density at radius 3 is 2.57 bits per heavy atom. The van der Waals surface area contributed by atoms with Gasteiger partial charge in [0.15, 0.2) is 0 Å². The SMILES string of the molecule is CCC(CC=O)S(=O)(=O)OCCCN. The minimum Gasteiger partial charge on any atom is -0.330 e. The van der Waals surface area contributed by atoms with Gasteiger partial charge in [0.2, 0.25) is 0 Å². The molecule has 0 amide bonds. The van der Waals surface area contributed by atoms with Crippen molar-refractivity contribution >= 4 is 16.4 Å². The van der Waals surface area contributed by atoms with Crippen LogP contribution in [0.15, 0.2) is 0 Å². The van der Waals surface area contributed by atoms with Crippen LogP contribution in [0.25, 0.3) is 0 Å². The monoisotopic (exact) mass is 223 g/mol. The van der Waals surface area contributed by atoms with Crippen LogP contribution >= 0.6 is 0 Å². The van der Waals surface area contributed by atoms with Crippen LogP contribution in [0.4, 0.5) is 0 Å². The Morgan fingerprint density at radius 1 is 1.50 bits per heavy atom. The topological polar surface area (TPSA) is 86.5 Å². The first-order chi connectivity index (χ1) is 6.58. The third-order valence-corrected chi connectivity index (χ3v) is 3.66. The highest BCUT2D eigenvalue weighted by Gasteiger charge is 2.23. The van der Waals surface area contributed by atoms with E-state index in [0.717, 1.165) is 0 Å². The molecule has 0 saturated heterocycles. The fourth-order valence-corrected chi connectivity index (χ4v) is 2.22. The lowest BCUT2D eigenvalue weighted by molar-refractivity contribution is -0.107. The van der Waals surface area contributed by atoms with Crippen molar-refractivity contribution in [1.29, 1.82) is 0 Å². The number of carbonyl (C=O) groups excluding carboxylic acids is 1. The predicted octanol–water partition coefficient (Wildman–Crippen LogP) is 0.0492. The van der Waals surface area contributed by atoms with E-state index in [9.17, 15) is 13.2 Å². The number of aldehydes is 1. The molecular weight excluding hydrogens is 206 g/mol. The molecule has 2 N–H and O–H groups in total. The lowest BCUT2D eigenvalue weighted by Gasteiger charge is -2.12. The van der Waals surface area contributed by atoms with Crippen LogP contribution in [-0.4, -0.2) is 33.1 Å². The van der Waals surface area contributed by atoms with Crippen molar-refractivity contribution in [1.82, 2.24) is 0 Å². The standard InChI is InChI=1S/C8H17NO4S/c1-2-8(4-6-10)14(11,12)13-7-3-5-9/h6,8H,2-5,7,9H2,1H3. The third-order valence-electron chi connectivity index (χ3n) is 1.82. The molecule has 5 nitrogen and oxygen atoms in total. The molecule has 1 unspecified atom stereocenters. The number of nitrogens with two attached hydrogens (primary N) is 1. The van der Waals surface area contributed by atoms with Gasteiger partial charge in [0.1, 0.15) is 6.29 Å². The molecule has 84 valence electrons. The van der Waals surface area contributed by atoms with Crippen molar-refractivity contribution in [3.63, 3.8) is 0 Å². The van der Waals surface area contributed by atoms with Gasteiger partial charge in [-0.3, -0.25) is 4.18 Å². The summed E-state index contributed by atoms with van der Waals surface area (Å²) in [6.45, 7) is 2.19. The van der Waals surface area contributed by atoms with E-state index in [1.807, 2.05) is 0 Å². The molecule has 14 heavy (non-hydrogen) atoms. The maximum atomic E-state index is 11.4. The van der Waals surface area contributed by atoms with Gasteiger partial charge in [-0.15, -0.1) is 0 Å². The summed E-state index contributed by atoms with van der Waals surface area (Å²) < 4.78 is 27.5. The average Bonchev–Trinajstić information content (AvgIpc) is 2.14. The summed E-state index contributed by atoms with van der Waals surface area (Å²) in [4.78, 5) is 10.2. The molecule has 0 rings (SSSR count). The van der Waals surface area contributed by atoms with E-state index >= 15 is 0 Å². The molecule has 0 aromatic rings. The second-order valence-corrected chi connectivity index (χ2v) is 4.78. The Labute approximate surface area is 84.7 Å². The third kappa shape index (κ3) is 4.69. The van der Waals surface area contributed by atoms with E-state index < -0.39 is 15.4 Å². The molecule has 0 radical (unpaired) electrons. The first-order valence-electron chi connectivity index (χ1n) is 4.60. The van der Waals surface area contributed by atoms with Crippen LogP contribution in [0.5, 0.6) is 0 Å². The molecule has 0 bridgehead atoms. The number of hydrogen-bond acceptors (Lipinski definition) is 5. The van der Waals surface area contributed by atoms with E-state index in [2.05, 4.69) is 0 Å². The second kappa shape index (κ2) is 6.92. The van der Waals surface area contributed by atoms with Crippen molar-refractivity contribution in [2.24, 2.45) is 5.73 Å². The maximum Gasteiger partial charge on any atom is 0.270 e. The normalized spacial score (nSPS) is 13.9. The molecule has 0 heterocycles. The second-order valence-electron chi connectivity index (χ2n) is 2.89. The summed E-state index contributed by atoms with van der Waals surface area (Å²) in [5.74, 6) is 0. The summed E-state index contributed by atoms with van der Waals surface area (Å²) in [5, 5.41) is -0.724.